The van der Waals surface area contributed by atoms with Crippen molar-refractivity contribution < 1.29 is 39.4 Å². The lowest BCUT2D eigenvalue weighted by Gasteiger charge is -2.30. The first kappa shape index (κ1) is 42.2. The van der Waals surface area contributed by atoms with Gasteiger partial charge in [-0.3, -0.25) is 4.79 Å². The maximum absolute atomic E-state index is 16.6. The van der Waals surface area contributed by atoms with E-state index < -0.39 is 47.3 Å². The fourth-order valence-corrected chi connectivity index (χ4v) is 12.9. The summed E-state index contributed by atoms with van der Waals surface area (Å²) in [6, 6.07) is 25.0. The van der Waals surface area contributed by atoms with Crippen LogP contribution in [0.1, 0.15) is 69.5 Å². The quantitative estimate of drug-likeness (QED) is 0.150. The van der Waals surface area contributed by atoms with Crippen molar-refractivity contribution in [3.05, 3.63) is 132 Å². The first-order valence-corrected chi connectivity index (χ1v) is 23.8. The molecule has 0 radical (unpaired) electrons. The van der Waals surface area contributed by atoms with Crippen LogP contribution in [0.2, 0.25) is 0 Å². The molecule has 310 valence electrons. The highest BCUT2D eigenvalue weighted by molar-refractivity contribution is 7.91. The van der Waals surface area contributed by atoms with E-state index >= 15 is 4.39 Å². The predicted octanol–water partition coefficient (Wildman–Crippen LogP) is 8.66. The zero-order chi connectivity index (χ0) is 42.3. The molecule has 6 aromatic rings. The number of carbonyl (C=O) groups excluding carboxylic acids is 1. The van der Waals surface area contributed by atoms with Crippen molar-refractivity contribution in [3.63, 3.8) is 0 Å². The molecule has 0 saturated carbocycles. The van der Waals surface area contributed by atoms with E-state index in [1.807, 2.05) is 52.0 Å². The Hall–Kier alpha value is -4.92. The number of esters is 1. The lowest BCUT2D eigenvalue weighted by atomic mass is 9.75. The van der Waals surface area contributed by atoms with E-state index in [2.05, 4.69) is 0 Å². The van der Waals surface area contributed by atoms with Gasteiger partial charge in [-0.25, -0.2) is 34.4 Å². The zero-order valence-corrected chi connectivity index (χ0v) is 36.1. The van der Waals surface area contributed by atoms with Crippen LogP contribution in [0.15, 0.2) is 123 Å². The molecule has 2 aromatic heterocycles. The Kier molecular flexibility index (Phi) is 11.6. The second kappa shape index (κ2) is 16.3. The SMILES string of the molecule is COC(=O)[C@@H](C)Cc1cccc([C@@]2(C)CCCC(C)(C)CS(=O)(=O)CCc3c(c(F)cc4c3ccn4S(=O)(=O)c3ccccc3)S(=O)c3cccc(c3)-c3coc2n3)c1. The number of aromatic nitrogens is 2. The summed E-state index contributed by atoms with van der Waals surface area (Å²) in [6.07, 6.45) is 4.84. The largest absolute Gasteiger partial charge is 0.469 e. The average Bonchev–Trinajstić information content (AvgIpc) is 3.88. The van der Waals surface area contributed by atoms with E-state index in [9.17, 15) is 25.8 Å². The molecule has 0 spiro atoms. The number of halogens is 1. The zero-order valence-electron chi connectivity index (χ0n) is 33.6. The number of nitrogens with zero attached hydrogens (tertiary/aromatic N) is 2. The van der Waals surface area contributed by atoms with Crippen molar-refractivity contribution >= 4 is 47.5 Å². The lowest BCUT2D eigenvalue weighted by molar-refractivity contribution is -0.144. The summed E-state index contributed by atoms with van der Waals surface area (Å²) in [4.78, 5) is 17.3. The number of fused-ring (bicyclic) bond motifs is 8. The third kappa shape index (κ3) is 8.58. The van der Waals surface area contributed by atoms with E-state index in [1.165, 1.54) is 37.8 Å². The van der Waals surface area contributed by atoms with Crippen molar-refractivity contribution in [2.75, 3.05) is 18.6 Å². The molecule has 3 atom stereocenters. The molecule has 10 nitrogen and oxygen atoms in total. The van der Waals surface area contributed by atoms with Gasteiger partial charge in [0.25, 0.3) is 10.0 Å². The van der Waals surface area contributed by atoms with Crippen molar-refractivity contribution in [1.82, 2.24) is 8.96 Å². The summed E-state index contributed by atoms with van der Waals surface area (Å²) in [7, 11) is -8.74. The topological polar surface area (TPSA) is 143 Å². The summed E-state index contributed by atoms with van der Waals surface area (Å²) in [5, 5.41) is 0.290. The smallest absolute Gasteiger partial charge is 0.308 e. The molecule has 0 saturated heterocycles. The van der Waals surface area contributed by atoms with Gasteiger partial charge in [-0.05, 0) is 85.0 Å². The number of hydrogen-bond acceptors (Lipinski definition) is 9. The van der Waals surface area contributed by atoms with Crippen LogP contribution in [0, 0.1) is 17.2 Å². The highest BCUT2D eigenvalue weighted by Gasteiger charge is 2.36. The Bertz CT molecular complexity index is 2800. The van der Waals surface area contributed by atoms with Crippen LogP contribution < -0.4 is 0 Å². The highest BCUT2D eigenvalue weighted by Crippen LogP contribution is 2.41. The molecular formula is C45H47FN2O8S3. The van der Waals surface area contributed by atoms with Gasteiger partial charge >= 0.3 is 5.97 Å². The van der Waals surface area contributed by atoms with Gasteiger partial charge in [0.15, 0.2) is 9.84 Å². The van der Waals surface area contributed by atoms with Crippen molar-refractivity contribution in [1.29, 1.82) is 0 Å². The van der Waals surface area contributed by atoms with Crippen LogP contribution in [-0.4, -0.2) is 54.6 Å². The Morgan fingerprint density at radius 2 is 1.75 bits per heavy atom. The van der Waals surface area contributed by atoms with Crippen molar-refractivity contribution in [2.45, 2.75) is 79.9 Å². The van der Waals surface area contributed by atoms with Crippen molar-refractivity contribution in [3.8, 4) is 11.3 Å². The number of oxazole rings is 1. The molecular weight excluding hydrogens is 812 g/mol. The Morgan fingerprint density at radius 1 is 1.00 bits per heavy atom. The minimum atomic E-state index is -4.16. The number of aryl methyl sites for hydroxylation is 1. The van der Waals surface area contributed by atoms with Crippen LogP contribution in [0.5, 0.6) is 0 Å². The van der Waals surface area contributed by atoms with Gasteiger partial charge in [0, 0.05) is 28.1 Å². The molecule has 1 aliphatic rings. The summed E-state index contributed by atoms with van der Waals surface area (Å²) in [5.41, 5.74) is 1.65. The summed E-state index contributed by atoms with van der Waals surface area (Å²) >= 11 is 0. The number of ether oxygens (including phenoxy) is 1. The third-order valence-electron chi connectivity index (χ3n) is 11.3. The summed E-state index contributed by atoms with van der Waals surface area (Å²) in [6.45, 7) is 7.66. The van der Waals surface area contributed by atoms with Gasteiger partial charge < -0.3 is 9.15 Å². The van der Waals surface area contributed by atoms with Crippen LogP contribution >= 0.6 is 0 Å². The molecule has 3 heterocycles. The minimum Gasteiger partial charge on any atom is -0.469 e. The van der Waals surface area contributed by atoms with E-state index in [-0.39, 0.29) is 55.6 Å². The second-order valence-corrected chi connectivity index (χ2v) is 21.8. The van der Waals surface area contributed by atoms with E-state index in [1.54, 1.807) is 42.5 Å². The van der Waals surface area contributed by atoms with Gasteiger partial charge in [0.05, 0.1) is 56.1 Å². The molecule has 59 heavy (non-hydrogen) atoms. The van der Waals surface area contributed by atoms with Gasteiger partial charge in [0.2, 0.25) is 5.89 Å². The third-order valence-corrected chi connectivity index (χ3v) is 16.5. The average molecular weight is 859 g/mol. The summed E-state index contributed by atoms with van der Waals surface area (Å²) < 4.78 is 98.8. The normalized spacial score (nSPS) is 20.2. The molecule has 0 amide bonds. The molecule has 1 aliphatic heterocycles. The van der Waals surface area contributed by atoms with Crippen LogP contribution in [0.4, 0.5) is 4.39 Å². The van der Waals surface area contributed by atoms with Crippen molar-refractivity contribution in [2.24, 2.45) is 11.3 Å². The lowest BCUT2D eigenvalue weighted by Crippen LogP contribution is -2.29. The molecule has 7 rings (SSSR count). The number of benzene rings is 4. The fourth-order valence-electron chi connectivity index (χ4n) is 8.16. The molecule has 0 N–H and O–H groups in total. The molecule has 4 aromatic carbocycles. The van der Waals surface area contributed by atoms with Gasteiger partial charge in [-0.2, -0.15) is 0 Å². The highest BCUT2D eigenvalue weighted by atomic mass is 32.2. The second-order valence-electron chi connectivity index (χ2n) is 16.4. The molecule has 14 heteroatoms. The maximum Gasteiger partial charge on any atom is 0.308 e. The number of rotatable bonds is 6. The van der Waals surface area contributed by atoms with E-state index in [4.69, 9.17) is 14.1 Å². The standard InChI is InChI=1S/C45H47FN2O8S3/c1-30(42(49)55-5)24-31-12-9-14-33(25-31)45(4)21-11-20-44(2,3)29-58(51,52)23-19-37-36-18-22-48(59(53,54)35-16-7-6-8-17-35)40(36)27-38(46)41(37)57(50)34-15-10-13-32(26-34)39-28-56-43(45)47-39/h6-10,12-18,22,25-28,30H,11,19-21,23-24,29H2,1-5H3/t30-,45+,57?/m0/s1. The minimum absolute atomic E-state index is 0.00277. The van der Waals surface area contributed by atoms with E-state index in [0.717, 1.165) is 21.2 Å². The van der Waals surface area contributed by atoms with Gasteiger partial charge in [0.1, 0.15) is 17.8 Å². The van der Waals surface area contributed by atoms with Crippen LogP contribution in [0.25, 0.3) is 22.2 Å². The Balaban J connectivity index is 1.35. The summed E-state index contributed by atoms with van der Waals surface area (Å²) in [5.74, 6) is -1.69. The van der Waals surface area contributed by atoms with Crippen LogP contribution in [0.3, 0.4) is 0 Å². The molecule has 1 unspecified atom stereocenters. The molecule has 0 aliphatic carbocycles. The molecule has 4 bridgehead atoms. The number of hydrogen-bond donors (Lipinski definition) is 0. The Morgan fingerprint density at radius 3 is 2.49 bits per heavy atom. The first-order chi connectivity index (χ1) is 27.9. The fraction of sp³-hybridized carbons (Fsp3) is 0.333. The number of carbonyl (C=O) groups is 1. The first-order valence-electron chi connectivity index (χ1n) is 19.4. The number of methoxy groups -OCH3 is 1. The van der Waals surface area contributed by atoms with Gasteiger partial charge in [-0.1, -0.05) is 81.8 Å². The monoisotopic (exact) mass is 858 g/mol. The van der Waals surface area contributed by atoms with Gasteiger partial charge in [-0.15, -0.1) is 0 Å². The van der Waals surface area contributed by atoms with Crippen LogP contribution in [-0.2, 0) is 58.4 Å². The molecule has 0 fully saturated rings. The maximum atomic E-state index is 16.6. The number of sulfone groups is 1. The Labute approximate surface area is 347 Å². The predicted molar refractivity (Wildman–Crippen MR) is 225 cm³/mol. The van der Waals surface area contributed by atoms with E-state index in [0.29, 0.717) is 48.2 Å².